The number of amides is 2. The van der Waals surface area contributed by atoms with Crippen LogP contribution in [0.1, 0.15) is 43.5 Å². The van der Waals surface area contributed by atoms with E-state index in [-0.39, 0.29) is 11.8 Å². The van der Waals surface area contributed by atoms with Gasteiger partial charge in [-0.25, -0.2) is 0 Å². The Balaban J connectivity index is 1.75. The van der Waals surface area contributed by atoms with Gasteiger partial charge in [-0.2, -0.15) is 0 Å². The third-order valence-corrected chi connectivity index (χ3v) is 4.33. The van der Waals surface area contributed by atoms with Gasteiger partial charge in [-0.3, -0.25) is 14.6 Å². The molecule has 0 atom stereocenters. The summed E-state index contributed by atoms with van der Waals surface area (Å²) in [4.78, 5) is 29.9. The molecular weight excluding hydrogens is 290 g/mol. The van der Waals surface area contributed by atoms with Gasteiger partial charge in [0.15, 0.2) is 0 Å². The minimum atomic E-state index is -0.0851. The molecule has 0 saturated carbocycles. The molecule has 1 aliphatic heterocycles. The Morgan fingerprint density at radius 2 is 2.13 bits per heavy atom. The Labute approximate surface area is 137 Å². The summed E-state index contributed by atoms with van der Waals surface area (Å²) in [6, 6.07) is 3.51. The van der Waals surface area contributed by atoms with Crippen LogP contribution in [0.3, 0.4) is 0 Å². The number of carbonyl (C=O) groups is 2. The molecule has 1 aromatic rings. The van der Waals surface area contributed by atoms with Crippen LogP contribution in [0.5, 0.6) is 0 Å². The first-order chi connectivity index (χ1) is 11.1. The van der Waals surface area contributed by atoms with Crippen molar-refractivity contribution in [3.63, 3.8) is 0 Å². The lowest BCUT2D eigenvalue weighted by Gasteiger charge is -2.31. The first-order valence-corrected chi connectivity index (χ1v) is 8.24. The molecule has 5 nitrogen and oxygen atoms in total. The Hall–Kier alpha value is -2.17. The summed E-state index contributed by atoms with van der Waals surface area (Å²) in [5, 5.41) is 2.96. The maximum Gasteiger partial charge on any atom is 0.252 e. The lowest BCUT2D eigenvalue weighted by Crippen LogP contribution is -2.41. The highest BCUT2D eigenvalue weighted by molar-refractivity contribution is 5.93. The molecule has 1 saturated heterocycles. The van der Waals surface area contributed by atoms with Gasteiger partial charge in [0, 0.05) is 38.1 Å². The average molecular weight is 315 g/mol. The largest absolute Gasteiger partial charge is 0.352 e. The summed E-state index contributed by atoms with van der Waals surface area (Å²) in [6.45, 7) is 6.22. The topological polar surface area (TPSA) is 62.3 Å². The molecule has 0 aromatic carbocycles. The highest BCUT2D eigenvalue weighted by atomic mass is 16.2. The Morgan fingerprint density at radius 3 is 2.74 bits per heavy atom. The number of likely N-dealkylation sites (tertiary alicyclic amines) is 1. The first kappa shape index (κ1) is 17.2. The number of allylic oxidation sites excluding steroid dienone is 1. The Morgan fingerprint density at radius 1 is 1.39 bits per heavy atom. The summed E-state index contributed by atoms with van der Waals surface area (Å²) >= 11 is 0. The minimum Gasteiger partial charge on any atom is -0.352 e. The number of nitrogens with zero attached hydrogens (tertiary/aromatic N) is 2. The number of hydrogen-bond donors (Lipinski definition) is 1. The van der Waals surface area contributed by atoms with Crippen LogP contribution in [-0.2, 0) is 4.79 Å². The van der Waals surface area contributed by atoms with Crippen molar-refractivity contribution >= 4 is 11.8 Å². The highest BCUT2D eigenvalue weighted by Gasteiger charge is 2.22. The predicted molar refractivity (Wildman–Crippen MR) is 89.9 cm³/mol. The maximum absolute atomic E-state index is 12.1. The van der Waals surface area contributed by atoms with Gasteiger partial charge in [0.25, 0.3) is 5.91 Å². The molecule has 1 aliphatic rings. The smallest absolute Gasteiger partial charge is 0.252 e. The second kappa shape index (κ2) is 8.46. The summed E-state index contributed by atoms with van der Waals surface area (Å²) in [7, 11) is 0. The number of piperidine rings is 1. The van der Waals surface area contributed by atoms with Gasteiger partial charge in [0.2, 0.25) is 5.91 Å². The van der Waals surface area contributed by atoms with Crippen molar-refractivity contribution in [1.82, 2.24) is 15.2 Å². The van der Waals surface area contributed by atoms with Gasteiger partial charge < -0.3 is 10.2 Å². The SMILES string of the molecule is CC/C(C)=C/C(=O)N1CCC(CNC(=O)c2cccnc2)CC1. The average Bonchev–Trinajstić information content (AvgIpc) is 2.60. The van der Waals surface area contributed by atoms with E-state index in [1.807, 2.05) is 11.8 Å². The van der Waals surface area contributed by atoms with Gasteiger partial charge in [-0.05, 0) is 44.2 Å². The van der Waals surface area contributed by atoms with E-state index in [2.05, 4.69) is 17.2 Å². The van der Waals surface area contributed by atoms with E-state index < -0.39 is 0 Å². The predicted octanol–water partition coefficient (Wildman–Crippen LogP) is 2.41. The van der Waals surface area contributed by atoms with Crippen molar-refractivity contribution in [2.24, 2.45) is 5.92 Å². The zero-order valence-electron chi connectivity index (χ0n) is 13.9. The van der Waals surface area contributed by atoms with Crippen LogP contribution >= 0.6 is 0 Å². The van der Waals surface area contributed by atoms with Crippen molar-refractivity contribution in [3.8, 4) is 0 Å². The van der Waals surface area contributed by atoms with Crippen LogP contribution in [0, 0.1) is 5.92 Å². The second-order valence-corrected chi connectivity index (χ2v) is 6.06. The normalized spacial score (nSPS) is 16.3. The van der Waals surface area contributed by atoms with Crippen LogP contribution in [0.2, 0.25) is 0 Å². The third-order valence-electron chi connectivity index (χ3n) is 4.33. The number of rotatable bonds is 5. The molecule has 0 radical (unpaired) electrons. The molecule has 1 aromatic heterocycles. The highest BCUT2D eigenvalue weighted by Crippen LogP contribution is 2.17. The minimum absolute atomic E-state index is 0.0851. The van der Waals surface area contributed by atoms with Crippen LogP contribution in [-0.4, -0.2) is 41.3 Å². The molecule has 0 bridgehead atoms. The zero-order valence-corrected chi connectivity index (χ0v) is 13.9. The molecular formula is C18H25N3O2. The molecule has 5 heteroatoms. The van der Waals surface area contributed by atoms with Crippen molar-refractivity contribution in [2.45, 2.75) is 33.1 Å². The standard InChI is InChI=1S/C18H25N3O2/c1-3-14(2)11-17(22)21-9-6-15(7-10-21)12-20-18(23)16-5-4-8-19-13-16/h4-5,8,11,13,15H,3,6-7,9-10,12H2,1-2H3,(H,20,23)/b14-11+. The van der Waals surface area contributed by atoms with Crippen LogP contribution in [0.15, 0.2) is 36.2 Å². The van der Waals surface area contributed by atoms with Gasteiger partial charge in [0.1, 0.15) is 0 Å². The van der Waals surface area contributed by atoms with Gasteiger partial charge in [-0.15, -0.1) is 0 Å². The zero-order chi connectivity index (χ0) is 16.7. The van der Waals surface area contributed by atoms with Crippen molar-refractivity contribution in [3.05, 3.63) is 41.7 Å². The molecule has 1 N–H and O–H groups in total. The van der Waals surface area contributed by atoms with Crippen LogP contribution < -0.4 is 5.32 Å². The molecule has 1 fully saturated rings. The van der Waals surface area contributed by atoms with Gasteiger partial charge in [0.05, 0.1) is 5.56 Å². The Kier molecular flexibility index (Phi) is 6.32. The molecule has 23 heavy (non-hydrogen) atoms. The number of hydrogen-bond acceptors (Lipinski definition) is 3. The fourth-order valence-electron chi connectivity index (χ4n) is 2.60. The summed E-state index contributed by atoms with van der Waals surface area (Å²) in [6.07, 6.45) is 7.72. The third kappa shape index (κ3) is 5.20. The lowest BCUT2D eigenvalue weighted by molar-refractivity contribution is -0.127. The molecule has 0 unspecified atom stereocenters. The van der Waals surface area contributed by atoms with E-state index in [0.29, 0.717) is 18.0 Å². The molecule has 2 amide bonds. The molecule has 0 spiro atoms. The van der Waals surface area contributed by atoms with Crippen LogP contribution in [0.4, 0.5) is 0 Å². The van der Waals surface area contributed by atoms with E-state index >= 15 is 0 Å². The van der Waals surface area contributed by atoms with E-state index in [9.17, 15) is 9.59 Å². The van der Waals surface area contributed by atoms with Crippen molar-refractivity contribution < 1.29 is 9.59 Å². The van der Waals surface area contributed by atoms with E-state index in [0.717, 1.165) is 37.9 Å². The lowest BCUT2D eigenvalue weighted by atomic mass is 9.96. The van der Waals surface area contributed by atoms with E-state index in [4.69, 9.17) is 0 Å². The van der Waals surface area contributed by atoms with Gasteiger partial charge >= 0.3 is 0 Å². The number of pyridine rings is 1. The number of carbonyl (C=O) groups excluding carboxylic acids is 2. The molecule has 2 heterocycles. The molecule has 124 valence electrons. The van der Waals surface area contributed by atoms with Crippen molar-refractivity contribution in [1.29, 1.82) is 0 Å². The first-order valence-electron chi connectivity index (χ1n) is 8.24. The Bertz CT molecular complexity index is 561. The van der Waals surface area contributed by atoms with Crippen molar-refractivity contribution in [2.75, 3.05) is 19.6 Å². The fourth-order valence-corrected chi connectivity index (χ4v) is 2.60. The van der Waals surface area contributed by atoms with Crippen LogP contribution in [0.25, 0.3) is 0 Å². The monoisotopic (exact) mass is 315 g/mol. The molecule has 0 aliphatic carbocycles. The maximum atomic E-state index is 12.1. The summed E-state index contributed by atoms with van der Waals surface area (Å²) in [5.74, 6) is 0.455. The summed E-state index contributed by atoms with van der Waals surface area (Å²) in [5.41, 5.74) is 1.70. The molecule has 2 rings (SSSR count). The second-order valence-electron chi connectivity index (χ2n) is 6.06. The van der Waals surface area contributed by atoms with E-state index in [1.165, 1.54) is 0 Å². The van der Waals surface area contributed by atoms with Gasteiger partial charge in [-0.1, -0.05) is 12.5 Å². The van der Waals surface area contributed by atoms with E-state index in [1.54, 1.807) is 30.6 Å². The quantitative estimate of drug-likeness (QED) is 0.849. The number of aromatic nitrogens is 1. The summed E-state index contributed by atoms with van der Waals surface area (Å²) < 4.78 is 0. The fraction of sp³-hybridized carbons (Fsp3) is 0.500. The number of nitrogens with one attached hydrogen (secondary N) is 1.